The predicted molar refractivity (Wildman–Crippen MR) is 130 cm³/mol. The largest absolute Gasteiger partial charge is 0.477 e. The second-order valence-corrected chi connectivity index (χ2v) is 7.75. The number of pyridine rings is 1. The first-order valence-electron chi connectivity index (χ1n) is 10.9. The molecule has 3 amide bonds. The molecule has 0 saturated carbocycles. The number of carboxylic acid groups (broad SMARTS) is 1. The van der Waals surface area contributed by atoms with Crippen molar-refractivity contribution in [2.45, 2.75) is 25.5 Å². The quantitative estimate of drug-likeness (QED) is 0.288. The van der Waals surface area contributed by atoms with Gasteiger partial charge in [0.05, 0.1) is 0 Å². The van der Waals surface area contributed by atoms with Crippen molar-refractivity contribution in [3.05, 3.63) is 88.2 Å². The highest BCUT2D eigenvalue weighted by Gasteiger charge is 2.22. The Kier molecular flexibility index (Phi) is 8.54. The zero-order valence-electron chi connectivity index (χ0n) is 19.0. The van der Waals surface area contributed by atoms with Crippen LogP contribution in [0.25, 0.3) is 11.3 Å². The molecule has 0 aliphatic rings. The summed E-state index contributed by atoms with van der Waals surface area (Å²) in [6.45, 7) is 0.00777. The minimum Gasteiger partial charge on any atom is -0.477 e. The lowest BCUT2D eigenvalue weighted by molar-refractivity contribution is -0.119. The molecule has 0 spiro atoms. The lowest BCUT2D eigenvalue weighted by Gasteiger charge is -2.18. The first-order valence-corrected chi connectivity index (χ1v) is 10.9. The van der Waals surface area contributed by atoms with E-state index in [4.69, 9.17) is 15.6 Å². The van der Waals surface area contributed by atoms with Crippen LogP contribution in [0.1, 0.15) is 28.8 Å². The third-order valence-electron chi connectivity index (χ3n) is 5.10. The summed E-state index contributed by atoms with van der Waals surface area (Å²) in [5, 5.41) is 14.1. The number of benzene rings is 2. The third kappa shape index (κ3) is 7.29. The third-order valence-corrected chi connectivity index (χ3v) is 5.10. The number of nitrogens with two attached hydrogens (primary N) is 1. The summed E-state index contributed by atoms with van der Waals surface area (Å²) in [5.74, 6) is -2.54. The van der Waals surface area contributed by atoms with Gasteiger partial charge in [0.25, 0.3) is 5.56 Å². The number of rotatable bonds is 10. The van der Waals surface area contributed by atoms with Crippen molar-refractivity contribution in [3.63, 3.8) is 0 Å². The number of aromatic carboxylic acids is 1. The molecule has 2 aromatic carbocycles. The van der Waals surface area contributed by atoms with Gasteiger partial charge in [0.2, 0.25) is 11.8 Å². The van der Waals surface area contributed by atoms with E-state index in [2.05, 4.69) is 15.6 Å². The number of aromatic nitrogens is 1. The van der Waals surface area contributed by atoms with Gasteiger partial charge in [-0.1, -0.05) is 42.5 Å². The Morgan fingerprint density at radius 2 is 1.67 bits per heavy atom. The van der Waals surface area contributed by atoms with Crippen molar-refractivity contribution in [1.29, 1.82) is 0 Å². The number of carbonyl (C=O) groups is 4. The molecule has 0 bridgehead atoms. The zero-order valence-corrected chi connectivity index (χ0v) is 19.0. The van der Waals surface area contributed by atoms with E-state index in [1.165, 1.54) is 12.1 Å². The molecule has 36 heavy (non-hydrogen) atoms. The smallest absolute Gasteiger partial charge is 0.408 e. The predicted octanol–water partition coefficient (Wildman–Crippen LogP) is 2.24. The minimum atomic E-state index is -1.33. The van der Waals surface area contributed by atoms with Crippen LogP contribution in [0.5, 0.6) is 0 Å². The molecule has 1 atom stereocenters. The van der Waals surface area contributed by atoms with E-state index in [1.807, 2.05) is 6.07 Å². The fraction of sp³-hybridized carbons (Fsp3) is 0.160. The average molecular weight is 492 g/mol. The number of hydrogen-bond donors (Lipinski definition) is 5. The molecule has 0 fully saturated rings. The molecule has 6 N–H and O–H groups in total. The normalized spacial score (nSPS) is 11.2. The van der Waals surface area contributed by atoms with Crippen LogP contribution >= 0.6 is 0 Å². The monoisotopic (exact) mass is 492 g/mol. The van der Waals surface area contributed by atoms with Crippen LogP contribution in [0, 0.1) is 0 Å². The number of primary amides is 1. The van der Waals surface area contributed by atoms with Crippen molar-refractivity contribution in [2.24, 2.45) is 5.73 Å². The maximum absolute atomic E-state index is 12.8. The van der Waals surface area contributed by atoms with Crippen molar-refractivity contribution >= 4 is 29.6 Å². The molecule has 3 aromatic rings. The Bertz CT molecular complexity index is 1300. The van der Waals surface area contributed by atoms with Crippen molar-refractivity contribution in [2.75, 3.05) is 5.32 Å². The standard InChI is InChI=1S/C25H24N4O7/c26-21(30)13-12-20(29-25(35)36-14-15-4-2-1-3-5-15)23(32)27-17-8-6-16(7-9-17)19-11-10-18(24(33)34)22(31)28-19/h1-11,20H,12-14H2,(H2,26,30)(H,27,32)(H,28,31)(H,29,35)(H,33,34)/t20-/m0/s1. The molecule has 1 aromatic heterocycles. The summed E-state index contributed by atoms with van der Waals surface area (Å²) in [5.41, 5.74) is 6.21. The Hall–Kier alpha value is -4.93. The fourth-order valence-corrected chi connectivity index (χ4v) is 3.24. The molecule has 11 heteroatoms. The molecule has 0 radical (unpaired) electrons. The summed E-state index contributed by atoms with van der Waals surface area (Å²) in [4.78, 5) is 61.6. The molecule has 0 aliphatic carbocycles. The highest BCUT2D eigenvalue weighted by atomic mass is 16.5. The molecule has 0 unspecified atom stereocenters. The number of hydrogen-bond acceptors (Lipinski definition) is 6. The van der Waals surface area contributed by atoms with Gasteiger partial charge < -0.3 is 31.2 Å². The van der Waals surface area contributed by atoms with Crippen LogP contribution in [0.15, 0.2) is 71.5 Å². The van der Waals surface area contributed by atoms with Gasteiger partial charge in [0.1, 0.15) is 18.2 Å². The molecule has 0 saturated heterocycles. The van der Waals surface area contributed by atoms with E-state index in [0.717, 1.165) is 5.56 Å². The number of carbonyl (C=O) groups excluding carboxylic acids is 3. The summed E-state index contributed by atoms with van der Waals surface area (Å²) < 4.78 is 5.15. The van der Waals surface area contributed by atoms with Crippen molar-refractivity contribution in [3.8, 4) is 11.3 Å². The number of carboxylic acids is 1. The van der Waals surface area contributed by atoms with Gasteiger partial charge >= 0.3 is 12.1 Å². The Labute approximate surface area is 205 Å². The topological polar surface area (TPSA) is 181 Å². The van der Waals surface area contributed by atoms with Gasteiger partial charge in [-0.05, 0) is 41.8 Å². The van der Waals surface area contributed by atoms with Gasteiger partial charge in [-0.2, -0.15) is 0 Å². The van der Waals surface area contributed by atoms with Crippen LogP contribution in [-0.4, -0.2) is 40.0 Å². The number of nitrogens with one attached hydrogen (secondary N) is 3. The van der Waals surface area contributed by atoms with Crippen LogP contribution in [0.2, 0.25) is 0 Å². The number of alkyl carbamates (subject to hydrolysis) is 1. The van der Waals surface area contributed by atoms with E-state index in [0.29, 0.717) is 16.9 Å². The maximum atomic E-state index is 12.8. The molecular weight excluding hydrogens is 468 g/mol. The molecule has 3 rings (SSSR count). The van der Waals surface area contributed by atoms with E-state index < -0.39 is 35.5 Å². The van der Waals surface area contributed by atoms with E-state index >= 15 is 0 Å². The highest BCUT2D eigenvalue weighted by Crippen LogP contribution is 2.19. The SMILES string of the molecule is NC(=O)CC[C@H](NC(=O)OCc1ccccc1)C(=O)Nc1ccc(-c2ccc(C(=O)O)c(=O)[nH]2)cc1. The van der Waals surface area contributed by atoms with Crippen LogP contribution < -0.4 is 21.9 Å². The van der Waals surface area contributed by atoms with Crippen LogP contribution in [0.4, 0.5) is 10.5 Å². The molecule has 186 valence electrons. The minimum absolute atomic E-state index is 0.00777. The number of amides is 3. The number of ether oxygens (including phenoxy) is 1. The molecule has 0 aliphatic heterocycles. The summed E-state index contributed by atoms with van der Waals surface area (Å²) in [7, 11) is 0. The number of aromatic amines is 1. The van der Waals surface area contributed by atoms with Crippen LogP contribution in [-0.2, 0) is 20.9 Å². The van der Waals surface area contributed by atoms with E-state index in [-0.39, 0.29) is 25.0 Å². The summed E-state index contributed by atoms with van der Waals surface area (Å²) >= 11 is 0. The highest BCUT2D eigenvalue weighted by molar-refractivity contribution is 5.97. The Morgan fingerprint density at radius 1 is 0.972 bits per heavy atom. The number of H-pyrrole nitrogens is 1. The van der Waals surface area contributed by atoms with Crippen molar-refractivity contribution < 1.29 is 29.0 Å². The lowest BCUT2D eigenvalue weighted by atomic mass is 10.1. The zero-order chi connectivity index (χ0) is 26.1. The first kappa shape index (κ1) is 25.7. The average Bonchev–Trinajstić information content (AvgIpc) is 2.86. The number of anilines is 1. The molecular formula is C25H24N4O7. The first-order chi connectivity index (χ1) is 17.2. The maximum Gasteiger partial charge on any atom is 0.408 e. The van der Waals surface area contributed by atoms with E-state index in [1.54, 1.807) is 48.5 Å². The van der Waals surface area contributed by atoms with Gasteiger partial charge in [0.15, 0.2) is 0 Å². The van der Waals surface area contributed by atoms with E-state index in [9.17, 15) is 24.0 Å². The lowest BCUT2D eigenvalue weighted by Crippen LogP contribution is -2.44. The van der Waals surface area contributed by atoms with Crippen LogP contribution in [0.3, 0.4) is 0 Å². The van der Waals surface area contributed by atoms with Gasteiger partial charge in [0, 0.05) is 17.8 Å². The van der Waals surface area contributed by atoms with Gasteiger partial charge in [-0.25, -0.2) is 9.59 Å². The van der Waals surface area contributed by atoms with Crippen molar-refractivity contribution in [1.82, 2.24) is 10.3 Å². The second-order valence-electron chi connectivity index (χ2n) is 7.75. The molecule has 1 heterocycles. The Morgan fingerprint density at radius 3 is 2.28 bits per heavy atom. The van der Waals surface area contributed by atoms with Gasteiger partial charge in [-0.15, -0.1) is 0 Å². The summed E-state index contributed by atoms with van der Waals surface area (Å²) in [6, 6.07) is 16.9. The second kappa shape index (κ2) is 12.0. The molecule has 11 nitrogen and oxygen atoms in total. The fourth-order valence-electron chi connectivity index (χ4n) is 3.24. The Balaban J connectivity index is 1.65. The van der Waals surface area contributed by atoms with Gasteiger partial charge in [-0.3, -0.25) is 14.4 Å². The summed E-state index contributed by atoms with van der Waals surface area (Å²) in [6.07, 6.45) is -0.986.